The number of rotatable bonds is 9. The van der Waals surface area contributed by atoms with Crippen LogP contribution < -0.4 is 16.0 Å². The molecule has 31 heavy (non-hydrogen) atoms. The van der Waals surface area contributed by atoms with Gasteiger partial charge in [0.25, 0.3) is 5.91 Å². The maximum Gasteiger partial charge on any atom is 0.251 e. The molecule has 2 aromatic carbocycles. The zero-order valence-electron chi connectivity index (χ0n) is 18.1. The Morgan fingerprint density at radius 3 is 2.32 bits per heavy atom. The topological polar surface area (TPSA) is 83.3 Å². The van der Waals surface area contributed by atoms with Gasteiger partial charge < -0.3 is 20.5 Å². The predicted molar refractivity (Wildman–Crippen MR) is 137 cm³/mol. The van der Waals surface area contributed by atoms with Crippen molar-refractivity contribution in [2.45, 2.75) is 26.3 Å². The number of guanidine groups is 1. The number of aromatic nitrogens is 2. The van der Waals surface area contributed by atoms with E-state index in [0.717, 1.165) is 49.8 Å². The van der Waals surface area contributed by atoms with Gasteiger partial charge in [-0.15, -0.1) is 24.0 Å². The second kappa shape index (κ2) is 12.9. The molecule has 1 aromatic heterocycles. The minimum atomic E-state index is -0.0413. The lowest BCUT2D eigenvalue weighted by atomic mass is 10.2. The lowest BCUT2D eigenvalue weighted by Crippen LogP contribution is -2.39. The van der Waals surface area contributed by atoms with Crippen molar-refractivity contribution in [3.05, 3.63) is 66.0 Å². The van der Waals surface area contributed by atoms with Crippen LogP contribution in [0.4, 0.5) is 0 Å². The van der Waals surface area contributed by atoms with Crippen molar-refractivity contribution in [2.24, 2.45) is 4.99 Å². The van der Waals surface area contributed by atoms with E-state index in [1.54, 1.807) is 7.05 Å². The van der Waals surface area contributed by atoms with E-state index in [-0.39, 0.29) is 29.9 Å². The number of halogens is 1. The average molecular weight is 534 g/mol. The van der Waals surface area contributed by atoms with Crippen LogP contribution in [0.15, 0.2) is 59.6 Å². The molecule has 0 radical (unpaired) electrons. The highest BCUT2D eigenvalue weighted by atomic mass is 127. The van der Waals surface area contributed by atoms with Crippen LogP contribution in [0.2, 0.25) is 0 Å². The van der Waals surface area contributed by atoms with E-state index in [2.05, 4.69) is 36.6 Å². The van der Waals surface area contributed by atoms with Crippen LogP contribution in [0.25, 0.3) is 11.0 Å². The van der Waals surface area contributed by atoms with Crippen molar-refractivity contribution >= 4 is 46.9 Å². The summed E-state index contributed by atoms with van der Waals surface area (Å²) in [6.07, 6.45) is 1.79. The fourth-order valence-corrected chi connectivity index (χ4v) is 3.33. The molecule has 0 aliphatic rings. The molecular formula is C23H31IN6O. The molecule has 0 bridgehead atoms. The average Bonchev–Trinajstić information content (AvgIpc) is 3.10. The first kappa shape index (κ1) is 24.6. The number of fused-ring (bicyclic) bond motifs is 1. The summed E-state index contributed by atoms with van der Waals surface area (Å²) in [5, 5.41) is 9.56. The van der Waals surface area contributed by atoms with Crippen LogP contribution >= 0.6 is 24.0 Å². The minimum absolute atomic E-state index is 0. The summed E-state index contributed by atoms with van der Waals surface area (Å²) in [4.78, 5) is 20.9. The summed E-state index contributed by atoms with van der Waals surface area (Å²) in [7, 11) is 1.76. The van der Waals surface area contributed by atoms with Gasteiger partial charge in [0, 0.05) is 38.8 Å². The van der Waals surface area contributed by atoms with E-state index in [9.17, 15) is 4.79 Å². The first-order chi connectivity index (χ1) is 14.7. The minimum Gasteiger partial charge on any atom is -0.356 e. The Kier molecular flexibility index (Phi) is 10.3. The summed E-state index contributed by atoms with van der Waals surface area (Å²) in [5.74, 6) is 1.77. The number of carbonyl (C=O) groups excluding carboxylic acids is 1. The Balaban J connectivity index is 0.00000341. The highest BCUT2D eigenvalue weighted by Crippen LogP contribution is 2.15. The number of nitrogens with zero attached hydrogens (tertiary/aromatic N) is 3. The monoisotopic (exact) mass is 534 g/mol. The largest absolute Gasteiger partial charge is 0.356 e. The molecular weight excluding hydrogens is 503 g/mol. The molecule has 8 heteroatoms. The SMILES string of the molecule is CN=C(NCCCNC(=O)c1ccccc1)NCCCn1c(C)nc2ccccc21.I. The Hall–Kier alpha value is -2.62. The zero-order chi connectivity index (χ0) is 21.2. The van der Waals surface area contributed by atoms with Crippen LogP contribution in [0, 0.1) is 6.92 Å². The highest BCUT2D eigenvalue weighted by Gasteiger charge is 2.06. The molecule has 0 saturated carbocycles. The molecule has 0 atom stereocenters. The van der Waals surface area contributed by atoms with Crippen molar-refractivity contribution in [1.82, 2.24) is 25.5 Å². The molecule has 3 rings (SSSR count). The Labute approximate surface area is 200 Å². The molecule has 0 fully saturated rings. The number of aliphatic imine (C=N–C) groups is 1. The zero-order valence-corrected chi connectivity index (χ0v) is 20.4. The molecule has 0 saturated heterocycles. The third-order valence-corrected chi connectivity index (χ3v) is 4.89. The summed E-state index contributed by atoms with van der Waals surface area (Å²) in [5.41, 5.74) is 2.90. The first-order valence-electron chi connectivity index (χ1n) is 10.4. The Bertz CT molecular complexity index is 986. The van der Waals surface area contributed by atoms with E-state index in [4.69, 9.17) is 0 Å². The second-order valence-corrected chi connectivity index (χ2v) is 7.05. The molecule has 0 aliphatic heterocycles. The molecule has 3 aromatic rings. The molecule has 0 unspecified atom stereocenters. The smallest absolute Gasteiger partial charge is 0.251 e. The molecule has 1 heterocycles. The lowest BCUT2D eigenvalue weighted by molar-refractivity contribution is 0.0953. The number of nitrogens with one attached hydrogen (secondary N) is 3. The summed E-state index contributed by atoms with van der Waals surface area (Å²) < 4.78 is 2.25. The van der Waals surface area contributed by atoms with Gasteiger partial charge in [-0.05, 0) is 44.0 Å². The van der Waals surface area contributed by atoms with Crippen LogP contribution in [0.3, 0.4) is 0 Å². The third-order valence-electron chi connectivity index (χ3n) is 4.89. The summed E-state index contributed by atoms with van der Waals surface area (Å²) >= 11 is 0. The van der Waals surface area contributed by atoms with Crippen molar-refractivity contribution in [2.75, 3.05) is 26.7 Å². The van der Waals surface area contributed by atoms with E-state index < -0.39 is 0 Å². The predicted octanol–water partition coefficient (Wildman–Crippen LogP) is 3.34. The molecule has 0 aliphatic carbocycles. The fraction of sp³-hybridized carbons (Fsp3) is 0.348. The standard InChI is InChI=1S/C23H30N6O.HI/c1-18-28-20-12-6-7-13-21(20)29(18)17-9-16-27-23(24-2)26-15-8-14-25-22(30)19-10-4-3-5-11-19;/h3-7,10-13H,8-9,14-17H2,1-2H3,(H,25,30)(H2,24,26,27);1H. The van der Waals surface area contributed by atoms with Crippen molar-refractivity contribution in [3.63, 3.8) is 0 Å². The molecule has 1 amide bonds. The van der Waals surface area contributed by atoms with Gasteiger partial charge in [-0.2, -0.15) is 0 Å². The van der Waals surface area contributed by atoms with Crippen molar-refractivity contribution in [1.29, 1.82) is 0 Å². The van der Waals surface area contributed by atoms with Gasteiger partial charge in [0.05, 0.1) is 11.0 Å². The molecule has 0 spiro atoms. The Morgan fingerprint density at radius 2 is 1.58 bits per heavy atom. The number of para-hydroxylation sites is 2. The second-order valence-electron chi connectivity index (χ2n) is 7.05. The fourth-order valence-electron chi connectivity index (χ4n) is 3.33. The number of hydrogen-bond acceptors (Lipinski definition) is 3. The van der Waals surface area contributed by atoms with Gasteiger partial charge in [0.1, 0.15) is 5.82 Å². The maximum atomic E-state index is 12.0. The van der Waals surface area contributed by atoms with Crippen LogP contribution in [0.1, 0.15) is 29.0 Å². The van der Waals surface area contributed by atoms with E-state index in [1.165, 1.54) is 5.52 Å². The van der Waals surface area contributed by atoms with Crippen LogP contribution in [0.5, 0.6) is 0 Å². The first-order valence-corrected chi connectivity index (χ1v) is 10.4. The normalized spacial score (nSPS) is 11.1. The number of carbonyl (C=O) groups is 1. The molecule has 166 valence electrons. The molecule has 7 nitrogen and oxygen atoms in total. The van der Waals surface area contributed by atoms with Crippen LogP contribution in [-0.4, -0.2) is 48.1 Å². The third kappa shape index (κ3) is 7.23. The van der Waals surface area contributed by atoms with Crippen LogP contribution in [-0.2, 0) is 6.54 Å². The molecule has 3 N–H and O–H groups in total. The summed E-state index contributed by atoms with van der Waals surface area (Å²) in [6.45, 7) is 5.12. The van der Waals surface area contributed by atoms with E-state index >= 15 is 0 Å². The van der Waals surface area contributed by atoms with Gasteiger partial charge in [0.2, 0.25) is 0 Å². The van der Waals surface area contributed by atoms with Crippen molar-refractivity contribution < 1.29 is 4.79 Å². The number of amides is 1. The van der Waals surface area contributed by atoms with Gasteiger partial charge in [0.15, 0.2) is 5.96 Å². The summed E-state index contributed by atoms with van der Waals surface area (Å²) in [6, 6.07) is 17.5. The number of hydrogen-bond donors (Lipinski definition) is 3. The van der Waals surface area contributed by atoms with Crippen molar-refractivity contribution in [3.8, 4) is 0 Å². The number of benzene rings is 2. The number of aryl methyl sites for hydroxylation is 2. The van der Waals surface area contributed by atoms with E-state index in [1.807, 2.05) is 55.5 Å². The van der Waals surface area contributed by atoms with Gasteiger partial charge in [-0.25, -0.2) is 4.98 Å². The van der Waals surface area contributed by atoms with Gasteiger partial charge >= 0.3 is 0 Å². The Morgan fingerprint density at radius 1 is 0.935 bits per heavy atom. The lowest BCUT2D eigenvalue weighted by Gasteiger charge is -2.13. The van der Waals surface area contributed by atoms with E-state index in [0.29, 0.717) is 12.1 Å². The maximum absolute atomic E-state index is 12.0. The highest BCUT2D eigenvalue weighted by molar-refractivity contribution is 14.0. The van der Waals surface area contributed by atoms with Gasteiger partial charge in [-0.3, -0.25) is 9.79 Å². The number of imidazole rings is 1. The quantitative estimate of drug-likeness (QED) is 0.170. The van der Waals surface area contributed by atoms with Gasteiger partial charge in [-0.1, -0.05) is 30.3 Å².